The lowest BCUT2D eigenvalue weighted by atomic mass is 9.89. The van der Waals surface area contributed by atoms with Crippen molar-refractivity contribution in [3.8, 4) is 0 Å². The average Bonchev–Trinajstić information content (AvgIpc) is 2.72. The number of likely N-dealkylation sites (tertiary alicyclic amines) is 1. The van der Waals surface area contributed by atoms with Gasteiger partial charge in [-0.15, -0.1) is 0 Å². The molecule has 1 atom stereocenters. The van der Waals surface area contributed by atoms with E-state index in [9.17, 15) is 27.6 Å². The van der Waals surface area contributed by atoms with E-state index < -0.39 is 17.7 Å². The van der Waals surface area contributed by atoms with E-state index in [0.29, 0.717) is 31.5 Å². The highest BCUT2D eigenvalue weighted by Crippen LogP contribution is 2.30. The van der Waals surface area contributed by atoms with Crippen molar-refractivity contribution in [3.63, 3.8) is 0 Å². The van der Waals surface area contributed by atoms with Gasteiger partial charge in [0.15, 0.2) is 5.78 Å². The first-order valence-corrected chi connectivity index (χ1v) is 9.28. The maximum Gasteiger partial charge on any atom is 0.416 e. The van der Waals surface area contributed by atoms with Gasteiger partial charge in [0.05, 0.1) is 11.3 Å². The summed E-state index contributed by atoms with van der Waals surface area (Å²) in [6.45, 7) is 0.784. The van der Waals surface area contributed by atoms with Crippen molar-refractivity contribution >= 4 is 11.7 Å². The van der Waals surface area contributed by atoms with Crippen LogP contribution in [-0.2, 0) is 17.4 Å². The molecule has 0 bridgehead atoms. The summed E-state index contributed by atoms with van der Waals surface area (Å²) in [6, 6.07) is 7.07. The fraction of sp³-hybridized carbons (Fsp3) is 0.400. The molecule has 1 aliphatic rings. The van der Waals surface area contributed by atoms with Gasteiger partial charge in [-0.25, -0.2) is 5.10 Å². The van der Waals surface area contributed by atoms with Gasteiger partial charge in [-0.3, -0.25) is 14.4 Å². The van der Waals surface area contributed by atoms with Crippen LogP contribution in [0.15, 0.2) is 41.2 Å². The van der Waals surface area contributed by atoms with Crippen LogP contribution in [-0.4, -0.2) is 39.9 Å². The molecule has 1 aromatic carbocycles. The number of halogens is 3. The molecule has 1 N–H and O–H groups in total. The van der Waals surface area contributed by atoms with Crippen molar-refractivity contribution in [1.82, 2.24) is 15.1 Å². The van der Waals surface area contributed by atoms with Crippen LogP contribution in [0.5, 0.6) is 0 Å². The predicted molar refractivity (Wildman–Crippen MR) is 98.3 cm³/mol. The van der Waals surface area contributed by atoms with E-state index >= 15 is 0 Å². The van der Waals surface area contributed by atoms with Gasteiger partial charge in [0.2, 0.25) is 5.91 Å². The van der Waals surface area contributed by atoms with Gasteiger partial charge in [0.25, 0.3) is 5.56 Å². The normalized spacial score (nSPS) is 17.2. The third-order valence-corrected chi connectivity index (χ3v) is 4.97. The third kappa shape index (κ3) is 5.30. The number of amides is 1. The van der Waals surface area contributed by atoms with Crippen molar-refractivity contribution in [3.05, 3.63) is 63.6 Å². The Balaban J connectivity index is 1.59. The summed E-state index contributed by atoms with van der Waals surface area (Å²) in [5, 5.41) is 6.17. The Bertz CT molecular complexity index is 918. The van der Waals surface area contributed by atoms with Crippen LogP contribution < -0.4 is 5.56 Å². The molecule has 0 aliphatic carbocycles. The molecule has 1 saturated heterocycles. The number of ketones is 1. The summed E-state index contributed by atoms with van der Waals surface area (Å²) in [5.41, 5.74) is -0.312. The van der Waals surface area contributed by atoms with Gasteiger partial charge in [-0.1, -0.05) is 12.1 Å². The quantitative estimate of drug-likeness (QED) is 0.773. The number of hydrogen-bond donors (Lipinski definition) is 1. The van der Waals surface area contributed by atoms with Crippen molar-refractivity contribution < 1.29 is 22.8 Å². The molecule has 9 heteroatoms. The van der Waals surface area contributed by atoms with Crippen molar-refractivity contribution in [2.24, 2.45) is 5.92 Å². The van der Waals surface area contributed by atoms with E-state index in [2.05, 4.69) is 10.2 Å². The largest absolute Gasteiger partial charge is 0.416 e. The minimum Gasteiger partial charge on any atom is -0.342 e. The zero-order chi connectivity index (χ0) is 21.0. The Morgan fingerprint density at radius 2 is 1.86 bits per heavy atom. The van der Waals surface area contributed by atoms with Crippen LogP contribution >= 0.6 is 0 Å². The summed E-state index contributed by atoms with van der Waals surface area (Å²) < 4.78 is 38.0. The van der Waals surface area contributed by atoms with Gasteiger partial charge in [-0.05, 0) is 31.0 Å². The molecule has 1 amide bonds. The van der Waals surface area contributed by atoms with E-state index in [-0.39, 0.29) is 35.8 Å². The SMILES string of the molecule is O=C(c1ccc(C(F)(F)F)cc1)[C@@H]1CCCN(C(=O)CCc2ccc(=O)[nH]n2)C1. The summed E-state index contributed by atoms with van der Waals surface area (Å²) in [4.78, 5) is 37.8. The molecule has 2 heterocycles. The molecule has 3 rings (SSSR count). The number of rotatable bonds is 5. The molecule has 1 aliphatic heterocycles. The third-order valence-electron chi connectivity index (χ3n) is 4.97. The number of carbonyl (C=O) groups is 2. The van der Waals surface area contributed by atoms with E-state index in [0.717, 1.165) is 12.1 Å². The lowest BCUT2D eigenvalue weighted by Crippen LogP contribution is -2.42. The molecule has 29 heavy (non-hydrogen) atoms. The fourth-order valence-electron chi connectivity index (χ4n) is 3.38. The molecule has 2 aromatic rings. The number of benzene rings is 1. The monoisotopic (exact) mass is 407 g/mol. The summed E-state index contributed by atoms with van der Waals surface area (Å²) >= 11 is 0. The number of alkyl halides is 3. The fourth-order valence-corrected chi connectivity index (χ4v) is 3.38. The second-order valence-electron chi connectivity index (χ2n) is 7.03. The zero-order valence-electron chi connectivity index (χ0n) is 15.5. The molecule has 0 unspecified atom stereocenters. The predicted octanol–water partition coefficient (Wildman–Crippen LogP) is 2.84. The number of piperidine rings is 1. The number of nitrogens with zero attached hydrogens (tertiary/aromatic N) is 2. The average molecular weight is 407 g/mol. The van der Waals surface area contributed by atoms with Crippen molar-refractivity contribution in [2.45, 2.75) is 31.9 Å². The van der Waals surface area contributed by atoms with Gasteiger partial charge < -0.3 is 4.90 Å². The van der Waals surface area contributed by atoms with Crippen LogP contribution in [0.2, 0.25) is 0 Å². The highest BCUT2D eigenvalue weighted by molar-refractivity contribution is 5.98. The van der Waals surface area contributed by atoms with E-state index in [4.69, 9.17) is 0 Å². The van der Waals surface area contributed by atoms with Gasteiger partial charge >= 0.3 is 6.18 Å². The molecule has 0 radical (unpaired) electrons. The summed E-state index contributed by atoms with van der Waals surface area (Å²) in [6.07, 6.45) is -2.65. The first-order chi connectivity index (χ1) is 13.7. The summed E-state index contributed by atoms with van der Waals surface area (Å²) in [5.74, 6) is -0.808. The number of H-pyrrole nitrogens is 1. The Morgan fingerprint density at radius 1 is 1.14 bits per heavy atom. The Morgan fingerprint density at radius 3 is 2.48 bits per heavy atom. The Kier molecular flexibility index (Phi) is 6.14. The minimum atomic E-state index is -4.45. The van der Waals surface area contributed by atoms with Crippen LogP contribution in [0.25, 0.3) is 0 Å². The van der Waals surface area contributed by atoms with Gasteiger partial charge in [-0.2, -0.15) is 18.3 Å². The van der Waals surface area contributed by atoms with E-state index in [1.165, 1.54) is 18.2 Å². The second-order valence-corrected chi connectivity index (χ2v) is 7.03. The van der Waals surface area contributed by atoms with Gasteiger partial charge in [0, 0.05) is 43.5 Å². The van der Waals surface area contributed by atoms with Crippen LogP contribution in [0.3, 0.4) is 0 Å². The number of aryl methyl sites for hydroxylation is 1. The molecule has 0 saturated carbocycles. The van der Waals surface area contributed by atoms with Gasteiger partial charge in [0.1, 0.15) is 0 Å². The number of carbonyl (C=O) groups excluding carboxylic acids is 2. The molecular weight excluding hydrogens is 387 g/mol. The first-order valence-electron chi connectivity index (χ1n) is 9.28. The number of aromatic amines is 1. The Hall–Kier alpha value is -2.97. The zero-order valence-corrected chi connectivity index (χ0v) is 15.5. The second kappa shape index (κ2) is 8.59. The van der Waals surface area contributed by atoms with Crippen LogP contribution in [0, 0.1) is 5.92 Å². The lowest BCUT2D eigenvalue weighted by Gasteiger charge is -2.32. The maximum absolute atomic E-state index is 12.7. The van der Waals surface area contributed by atoms with Crippen LogP contribution in [0.1, 0.15) is 40.9 Å². The molecule has 0 spiro atoms. The summed E-state index contributed by atoms with van der Waals surface area (Å²) in [7, 11) is 0. The molecule has 1 aromatic heterocycles. The number of nitrogens with one attached hydrogen (secondary N) is 1. The number of hydrogen-bond acceptors (Lipinski definition) is 4. The highest BCUT2D eigenvalue weighted by atomic mass is 19.4. The van der Waals surface area contributed by atoms with Crippen molar-refractivity contribution in [1.29, 1.82) is 0 Å². The highest BCUT2D eigenvalue weighted by Gasteiger charge is 2.32. The molecule has 6 nitrogen and oxygen atoms in total. The molecular formula is C20H20F3N3O3. The topological polar surface area (TPSA) is 83.1 Å². The standard InChI is InChI=1S/C20H20F3N3O3/c21-20(22,23)15-5-3-13(4-6-15)19(29)14-2-1-11-26(12-14)18(28)10-8-16-7-9-17(27)25-24-16/h3-7,9,14H,1-2,8,10-12H2,(H,25,27)/t14-/m1/s1. The maximum atomic E-state index is 12.7. The smallest absolute Gasteiger partial charge is 0.342 e. The van der Waals surface area contributed by atoms with Crippen molar-refractivity contribution in [2.75, 3.05) is 13.1 Å². The Labute approximate surface area is 164 Å². The number of Topliss-reactive ketones (excluding diaryl/α,β-unsaturated/α-hetero) is 1. The van der Waals surface area contributed by atoms with E-state index in [1.807, 2.05) is 0 Å². The molecule has 1 fully saturated rings. The lowest BCUT2D eigenvalue weighted by molar-refractivity contribution is -0.137. The van der Waals surface area contributed by atoms with E-state index in [1.54, 1.807) is 11.0 Å². The van der Waals surface area contributed by atoms with Crippen LogP contribution in [0.4, 0.5) is 13.2 Å². The minimum absolute atomic E-state index is 0.122. The first kappa shape index (κ1) is 20.8. The molecule has 154 valence electrons. The number of aromatic nitrogens is 2.